The fraction of sp³-hybridized carbons (Fsp3) is 0.333. The summed E-state index contributed by atoms with van der Waals surface area (Å²) in [5.41, 5.74) is 0.928. The number of hydrogen-bond donors (Lipinski definition) is 2. The SMILES string of the molecule is CC(CO)c1cc(O)ccc1Br. The summed E-state index contributed by atoms with van der Waals surface area (Å²) in [6.07, 6.45) is 0. The van der Waals surface area contributed by atoms with Gasteiger partial charge in [-0.25, -0.2) is 0 Å². The van der Waals surface area contributed by atoms with Crippen molar-refractivity contribution in [2.24, 2.45) is 0 Å². The molecule has 0 aliphatic rings. The normalized spacial score (nSPS) is 12.9. The highest BCUT2D eigenvalue weighted by molar-refractivity contribution is 9.10. The fourth-order valence-electron chi connectivity index (χ4n) is 1.01. The average Bonchev–Trinajstić information content (AvgIpc) is 2.08. The molecule has 0 saturated heterocycles. The molecule has 1 rings (SSSR count). The van der Waals surface area contributed by atoms with Crippen molar-refractivity contribution in [3.05, 3.63) is 28.2 Å². The molecular formula is C9H11BrO2. The van der Waals surface area contributed by atoms with Crippen molar-refractivity contribution in [1.29, 1.82) is 0 Å². The highest BCUT2D eigenvalue weighted by atomic mass is 79.9. The quantitative estimate of drug-likeness (QED) is 0.819. The number of rotatable bonds is 2. The Bertz CT molecular complexity index is 273. The number of aliphatic hydroxyl groups is 1. The number of phenolic OH excluding ortho intramolecular Hbond substituents is 1. The minimum absolute atomic E-state index is 0.0477. The van der Waals surface area contributed by atoms with Crippen LogP contribution in [0.15, 0.2) is 22.7 Å². The zero-order chi connectivity index (χ0) is 9.14. The number of benzene rings is 1. The summed E-state index contributed by atoms with van der Waals surface area (Å²) in [4.78, 5) is 0. The lowest BCUT2D eigenvalue weighted by molar-refractivity contribution is 0.272. The molecule has 1 atom stereocenters. The van der Waals surface area contributed by atoms with Crippen molar-refractivity contribution in [3.8, 4) is 5.75 Å². The largest absolute Gasteiger partial charge is 0.508 e. The van der Waals surface area contributed by atoms with Gasteiger partial charge in [0.2, 0.25) is 0 Å². The molecule has 3 heteroatoms. The molecule has 1 aromatic carbocycles. The highest BCUT2D eigenvalue weighted by Gasteiger charge is 2.08. The second kappa shape index (κ2) is 3.92. The van der Waals surface area contributed by atoms with Gasteiger partial charge in [-0.3, -0.25) is 0 Å². The smallest absolute Gasteiger partial charge is 0.115 e. The van der Waals surface area contributed by atoms with E-state index in [0.717, 1.165) is 10.0 Å². The fourth-order valence-corrected chi connectivity index (χ4v) is 1.64. The van der Waals surface area contributed by atoms with E-state index in [-0.39, 0.29) is 18.3 Å². The van der Waals surface area contributed by atoms with E-state index in [0.29, 0.717) is 0 Å². The number of halogens is 1. The minimum atomic E-state index is 0.0477. The van der Waals surface area contributed by atoms with Gasteiger partial charge in [0.15, 0.2) is 0 Å². The van der Waals surface area contributed by atoms with E-state index < -0.39 is 0 Å². The second-order valence-electron chi connectivity index (χ2n) is 2.79. The van der Waals surface area contributed by atoms with Gasteiger partial charge in [0.05, 0.1) is 0 Å². The number of aromatic hydroxyl groups is 1. The number of phenols is 1. The first-order valence-corrected chi connectivity index (χ1v) is 4.53. The lowest BCUT2D eigenvalue weighted by Gasteiger charge is -2.10. The predicted molar refractivity (Wildman–Crippen MR) is 51.3 cm³/mol. The Morgan fingerprint density at radius 2 is 2.17 bits per heavy atom. The Hall–Kier alpha value is -0.540. The first-order chi connectivity index (χ1) is 5.65. The third-order valence-electron chi connectivity index (χ3n) is 1.78. The Balaban J connectivity index is 3.04. The number of hydrogen-bond acceptors (Lipinski definition) is 2. The standard InChI is InChI=1S/C9H11BrO2/c1-6(5-11)8-4-7(12)2-3-9(8)10/h2-4,6,11-12H,5H2,1H3. The molecule has 0 radical (unpaired) electrons. The molecule has 2 N–H and O–H groups in total. The Morgan fingerprint density at radius 1 is 1.50 bits per heavy atom. The summed E-state index contributed by atoms with van der Waals surface area (Å²) in [7, 11) is 0. The van der Waals surface area contributed by atoms with Gasteiger partial charge >= 0.3 is 0 Å². The van der Waals surface area contributed by atoms with Gasteiger partial charge in [-0.2, -0.15) is 0 Å². The summed E-state index contributed by atoms with van der Waals surface area (Å²) in [6, 6.07) is 5.04. The molecule has 0 fully saturated rings. The van der Waals surface area contributed by atoms with Crippen LogP contribution in [0.2, 0.25) is 0 Å². The van der Waals surface area contributed by atoms with Crippen molar-refractivity contribution >= 4 is 15.9 Å². The van der Waals surface area contributed by atoms with E-state index >= 15 is 0 Å². The molecule has 66 valence electrons. The summed E-state index contributed by atoms with van der Waals surface area (Å²) in [5, 5.41) is 18.1. The molecule has 1 aromatic rings. The molecule has 0 aromatic heterocycles. The van der Waals surface area contributed by atoms with E-state index in [1.54, 1.807) is 18.2 Å². The third kappa shape index (κ3) is 1.99. The van der Waals surface area contributed by atoms with Crippen molar-refractivity contribution < 1.29 is 10.2 Å². The predicted octanol–water partition coefficient (Wildman–Crippen LogP) is 2.25. The van der Waals surface area contributed by atoms with Crippen LogP contribution in [-0.2, 0) is 0 Å². The Labute approximate surface area is 80.0 Å². The maximum atomic E-state index is 9.18. The Morgan fingerprint density at radius 3 is 2.75 bits per heavy atom. The van der Waals surface area contributed by atoms with Gasteiger partial charge in [-0.15, -0.1) is 0 Å². The van der Waals surface area contributed by atoms with Crippen LogP contribution >= 0.6 is 15.9 Å². The molecule has 2 nitrogen and oxygen atoms in total. The first kappa shape index (κ1) is 9.55. The molecule has 1 unspecified atom stereocenters. The molecule has 12 heavy (non-hydrogen) atoms. The molecular weight excluding hydrogens is 220 g/mol. The molecule has 0 spiro atoms. The summed E-state index contributed by atoms with van der Waals surface area (Å²) >= 11 is 3.35. The van der Waals surface area contributed by atoms with Gasteiger partial charge in [0.25, 0.3) is 0 Å². The molecule has 0 amide bonds. The van der Waals surface area contributed by atoms with Crippen LogP contribution in [0, 0.1) is 0 Å². The lowest BCUT2D eigenvalue weighted by atomic mass is 10.0. The van der Waals surface area contributed by atoms with Gasteiger partial charge in [0, 0.05) is 17.0 Å². The van der Waals surface area contributed by atoms with Gasteiger partial charge in [-0.1, -0.05) is 22.9 Å². The van der Waals surface area contributed by atoms with Crippen molar-refractivity contribution in [1.82, 2.24) is 0 Å². The first-order valence-electron chi connectivity index (χ1n) is 3.74. The van der Waals surface area contributed by atoms with Crippen LogP contribution in [-0.4, -0.2) is 16.8 Å². The zero-order valence-electron chi connectivity index (χ0n) is 6.79. The maximum Gasteiger partial charge on any atom is 0.115 e. The third-order valence-corrected chi connectivity index (χ3v) is 2.51. The molecule has 0 saturated carbocycles. The summed E-state index contributed by atoms with van der Waals surface area (Å²) < 4.78 is 0.918. The van der Waals surface area contributed by atoms with Gasteiger partial charge in [-0.05, 0) is 23.8 Å². The van der Waals surface area contributed by atoms with Crippen molar-refractivity contribution in [2.75, 3.05) is 6.61 Å². The highest BCUT2D eigenvalue weighted by Crippen LogP contribution is 2.27. The summed E-state index contributed by atoms with van der Waals surface area (Å²) in [6.45, 7) is 1.99. The lowest BCUT2D eigenvalue weighted by Crippen LogP contribution is -1.99. The van der Waals surface area contributed by atoms with Crippen LogP contribution in [0.4, 0.5) is 0 Å². The van der Waals surface area contributed by atoms with E-state index in [4.69, 9.17) is 5.11 Å². The Kier molecular flexibility index (Phi) is 3.12. The van der Waals surface area contributed by atoms with E-state index in [9.17, 15) is 5.11 Å². The molecule has 0 aliphatic heterocycles. The average molecular weight is 231 g/mol. The van der Waals surface area contributed by atoms with E-state index in [2.05, 4.69) is 15.9 Å². The van der Waals surface area contributed by atoms with Crippen molar-refractivity contribution in [3.63, 3.8) is 0 Å². The van der Waals surface area contributed by atoms with Crippen LogP contribution < -0.4 is 0 Å². The molecule has 0 bridgehead atoms. The topological polar surface area (TPSA) is 40.5 Å². The second-order valence-corrected chi connectivity index (χ2v) is 3.64. The maximum absolute atomic E-state index is 9.18. The monoisotopic (exact) mass is 230 g/mol. The van der Waals surface area contributed by atoms with Gasteiger partial charge < -0.3 is 10.2 Å². The zero-order valence-corrected chi connectivity index (χ0v) is 8.37. The number of aliphatic hydroxyl groups excluding tert-OH is 1. The van der Waals surface area contributed by atoms with Crippen molar-refractivity contribution in [2.45, 2.75) is 12.8 Å². The molecule has 0 heterocycles. The molecule has 0 aliphatic carbocycles. The van der Waals surface area contributed by atoms with Crippen LogP contribution in [0.5, 0.6) is 5.75 Å². The minimum Gasteiger partial charge on any atom is -0.508 e. The van der Waals surface area contributed by atoms with Crippen LogP contribution in [0.1, 0.15) is 18.4 Å². The van der Waals surface area contributed by atoms with Crippen LogP contribution in [0.25, 0.3) is 0 Å². The summed E-state index contributed by atoms with van der Waals surface area (Å²) in [5.74, 6) is 0.278. The van der Waals surface area contributed by atoms with E-state index in [1.807, 2.05) is 6.92 Å². The van der Waals surface area contributed by atoms with E-state index in [1.165, 1.54) is 0 Å². The van der Waals surface area contributed by atoms with Gasteiger partial charge in [0.1, 0.15) is 5.75 Å². The van der Waals surface area contributed by atoms with Crippen LogP contribution in [0.3, 0.4) is 0 Å².